The minimum absolute atomic E-state index is 0.126. The number of hydrogen-bond acceptors (Lipinski definition) is 6. The van der Waals surface area contributed by atoms with Gasteiger partial charge in [-0.1, -0.05) is 6.07 Å². The first-order valence-electron chi connectivity index (χ1n) is 11.0. The molecular weight excluding hydrogens is 444 g/mol. The third-order valence-corrected chi connectivity index (χ3v) is 7.63. The number of anilines is 3. The Labute approximate surface area is 193 Å². The molecule has 2 aromatic rings. The molecule has 0 aliphatic carbocycles. The Morgan fingerprint density at radius 1 is 1.03 bits per heavy atom. The Balaban J connectivity index is 1.38. The molecule has 33 heavy (non-hydrogen) atoms. The zero-order valence-corrected chi connectivity index (χ0v) is 19.3. The van der Waals surface area contributed by atoms with Gasteiger partial charge in [-0.15, -0.1) is 0 Å². The number of morpholine rings is 1. The van der Waals surface area contributed by atoms with Crippen LogP contribution >= 0.6 is 0 Å². The van der Waals surface area contributed by atoms with E-state index in [0.29, 0.717) is 38.4 Å². The summed E-state index contributed by atoms with van der Waals surface area (Å²) in [6.45, 7) is 3.81. The summed E-state index contributed by atoms with van der Waals surface area (Å²) in [6, 6.07) is 13.1. The van der Waals surface area contributed by atoms with Gasteiger partial charge in [0.05, 0.1) is 18.1 Å². The number of nitrogens with one attached hydrogen (secondary N) is 2. The smallest absolute Gasteiger partial charge is 0.246 e. The van der Waals surface area contributed by atoms with E-state index in [1.165, 1.54) is 16.4 Å². The van der Waals surface area contributed by atoms with Crippen molar-refractivity contribution in [3.63, 3.8) is 0 Å². The van der Waals surface area contributed by atoms with Gasteiger partial charge >= 0.3 is 0 Å². The standard InChI is InChI=1S/C23H28N4O5S/c1-17(24-18-7-9-20(10-8-18)27-11-3-6-22(27)28)23(29)25-19-4-2-5-21(16-19)33(30,31)26-12-14-32-15-13-26/h2,4-5,7-10,16-17,24H,3,6,11-15H2,1H3,(H,25,29). The number of carbonyl (C=O) groups excluding carboxylic acids is 2. The van der Waals surface area contributed by atoms with E-state index in [4.69, 9.17) is 4.74 Å². The maximum Gasteiger partial charge on any atom is 0.246 e. The van der Waals surface area contributed by atoms with Gasteiger partial charge in [0, 0.05) is 43.1 Å². The van der Waals surface area contributed by atoms with Crippen molar-refractivity contribution >= 4 is 38.9 Å². The molecule has 2 aliphatic rings. The highest BCUT2D eigenvalue weighted by Crippen LogP contribution is 2.24. The molecule has 4 rings (SSSR count). The average Bonchev–Trinajstić information content (AvgIpc) is 3.26. The van der Waals surface area contributed by atoms with Crippen molar-refractivity contribution in [2.24, 2.45) is 0 Å². The minimum Gasteiger partial charge on any atom is -0.379 e. The zero-order valence-electron chi connectivity index (χ0n) is 18.5. The SMILES string of the molecule is CC(Nc1ccc(N2CCCC2=O)cc1)C(=O)Nc1cccc(S(=O)(=O)N2CCOCC2)c1. The van der Waals surface area contributed by atoms with Crippen LogP contribution in [0.3, 0.4) is 0 Å². The van der Waals surface area contributed by atoms with E-state index >= 15 is 0 Å². The van der Waals surface area contributed by atoms with E-state index in [9.17, 15) is 18.0 Å². The molecule has 1 unspecified atom stereocenters. The lowest BCUT2D eigenvalue weighted by Crippen LogP contribution is -2.40. The second kappa shape index (κ2) is 9.90. The van der Waals surface area contributed by atoms with Crippen LogP contribution in [0.2, 0.25) is 0 Å². The van der Waals surface area contributed by atoms with Crippen molar-refractivity contribution in [3.05, 3.63) is 48.5 Å². The molecule has 2 aromatic carbocycles. The van der Waals surface area contributed by atoms with E-state index in [2.05, 4.69) is 10.6 Å². The summed E-state index contributed by atoms with van der Waals surface area (Å²) in [5.41, 5.74) is 2.00. The lowest BCUT2D eigenvalue weighted by atomic mass is 10.2. The number of amides is 2. The normalized spacial score (nSPS) is 18.2. The molecule has 2 amide bonds. The fourth-order valence-corrected chi connectivity index (χ4v) is 5.35. The van der Waals surface area contributed by atoms with Gasteiger partial charge in [-0.05, 0) is 55.8 Å². The lowest BCUT2D eigenvalue weighted by molar-refractivity contribution is -0.117. The highest BCUT2D eigenvalue weighted by Gasteiger charge is 2.27. The molecule has 2 saturated heterocycles. The molecule has 9 nitrogen and oxygen atoms in total. The van der Waals surface area contributed by atoms with Crippen molar-refractivity contribution in [3.8, 4) is 0 Å². The predicted octanol–water partition coefficient (Wildman–Crippen LogP) is 2.27. The molecule has 0 bridgehead atoms. The van der Waals surface area contributed by atoms with E-state index in [1.54, 1.807) is 24.0 Å². The number of sulfonamides is 1. The Bertz CT molecular complexity index is 1110. The van der Waals surface area contributed by atoms with E-state index in [-0.39, 0.29) is 16.7 Å². The fourth-order valence-electron chi connectivity index (χ4n) is 3.90. The molecule has 0 spiro atoms. The zero-order chi connectivity index (χ0) is 23.4. The third kappa shape index (κ3) is 5.35. The van der Waals surface area contributed by atoms with Crippen LogP contribution in [0.25, 0.3) is 0 Å². The molecule has 0 aromatic heterocycles. The molecule has 2 N–H and O–H groups in total. The van der Waals surface area contributed by atoms with Crippen LogP contribution in [0.5, 0.6) is 0 Å². The van der Waals surface area contributed by atoms with Crippen molar-refractivity contribution in [2.45, 2.75) is 30.7 Å². The maximum atomic E-state index is 12.9. The first kappa shape index (κ1) is 23.2. The van der Waals surface area contributed by atoms with Gasteiger partial charge in [0.25, 0.3) is 0 Å². The van der Waals surface area contributed by atoms with Crippen LogP contribution in [0.4, 0.5) is 17.1 Å². The fraction of sp³-hybridized carbons (Fsp3) is 0.391. The van der Waals surface area contributed by atoms with E-state index in [0.717, 1.165) is 24.3 Å². The van der Waals surface area contributed by atoms with Crippen LogP contribution < -0.4 is 15.5 Å². The van der Waals surface area contributed by atoms with Crippen LogP contribution in [0.15, 0.2) is 53.4 Å². The van der Waals surface area contributed by atoms with Gasteiger partial charge in [-0.3, -0.25) is 9.59 Å². The molecule has 1 atom stereocenters. The van der Waals surface area contributed by atoms with Crippen LogP contribution in [0.1, 0.15) is 19.8 Å². The van der Waals surface area contributed by atoms with Gasteiger partial charge < -0.3 is 20.3 Å². The predicted molar refractivity (Wildman–Crippen MR) is 126 cm³/mol. The van der Waals surface area contributed by atoms with Crippen LogP contribution in [-0.4, -0.2) is 63.4 Å². The highest BCUT2D eigenvalue weighted by atomic mass is 32.2. The molecule has 0 saturated carbocycles. The largest absolute Gasteiger partial charge is 0.379 e. The Kier molecular flexibility index (Phi) is 6.96. The molecule has 2 aliphatic heterocycles. The average molecular weight is 473 g/mol. The first-order chi connectivity index (χ1) is 15.8. The minimum atomic E-state index is -3.65. The number of carbonyl (C=O) groups is 2. The van der Waals surface area contributed by atoms with Gasteiger partial charge in [-0.25, -0.2) is 8.42 Å². The summed E-state index contributed by atoms with van der Waals surface area (Å²) < 4.78 is 32.4. The van der Waals surface area contributed by atoms with Gasteiger partial charge in [0.1, 0.15) is 6.04 Å². The number of rotatable bonds is 7. The summed E-state index contributed by atoms with van der Waals surface area (Å²) in [5.74, 6) is -0.170. The van der Waals surface area contributed by atoms with Crippen molar-refractivity contribution < 1.29 is 22.7 Å². The second-order valence-corrected chi connectivity index (χ2v) is 10.0. The molecule has 10 heteroatoms. The number of hydrogen-bond donors (Lipinski definition) is 2. The number of ether oxygens (including phenoxy) is 1. The van der Waals surface area contributed by atoms with E-state index in [1.807, 2.05) is 24.3 Å². The molecule has 2 heterocycles. The van der Waals surface area contributed by atoms with Crippen LogP contribution in [-0.2, 0) is 24.3 Å². The third-order valence-electron chi connectivity index (χ3n) is 5.74. The quantitative estimate of drug-likeness (QED) is 0.640. The summed E-state index contributed by atoms with van der Waals surface area (Å²) >= 11 is 0. The molecule has 2 fully saturated rings. The van der Waals surface area contributed by atoms with Gasteiger partial charge in [0.2, 0.25) is 21.8 Å². The summed E-state index contributed by atoms with van der Waals surface area (Å²) in [5, 5.41) is 5.91. The first-order valence-corrected chi connectivity index (χ1v) is 12.4. The number of benzene rings is 2. The summed E-state index contributed by atoms with van der Waals surface area (Å²) in [4.78, 5) is 26.5. The summed E-state index contributed by atoms with van der Waals surface area (Å²) in [7, 11) is -3.65. The molecule has 0 radical (unpaired) electrons. The molecular formula is C23H28N4O5S. The lowest BCUT2D eigenvalue weighted by Gasteiger charge is -2.26. The topological polar surface area (TPSA) is 108 Å². The van der Waals surface area contributed by atoms with Gasteiger partial charge in [0.15, 0.2) is 0 Å². The Morgan fingerprint density at radius 2 is 1.76 bits per heavy atom. The van der Waals surface area contributed by atoms with Crippen molar-refractivity contribution in [2.75, 3.05) is 48.4 Å². The van der Waals surface area contributed by atoms with Gasteiger partial charge in [-0.2, -0.15) is 4.31 Å². The van der Waals surface area contributed by atoms with E-state index < -0.39 is 16.1 Å². The number of nitrogens with zero attached hydrogens (tertiary/aromatic N) is 2. The molecule has 176 valence electrons. The maximum absolute atomic E-state index is 12.9. The monoisotopic (exact) mass is 472 g/mol. The van der Waals surface area contributed by atoms with Crippen molar-refractivity contribution in [1.29, 1.82) is 0 Å². The summed E-state index contributed by atoms with van der Waals surface area (Å²) in [6.07, 6.45) is 1.44. The second-order valence-electron chi connectivity index (χ2n) is 8.10. The van der Waals surface area contributed by atoms with Crippen LogP contribution in [0, 0.1) is 0 Å². The Hall–Kier alpha value is -2.95. The Morgan fingerprint density at radius 3 is 2.42 bits per heavy atom. The highest BCUT2D eigenvalue weighted by molar-refractivity contribution is 7.89. The van der Waals surface area contributed by atoms with Crippen molar-refractivity contribution in [1.82, 2.24) is 4.31 Å².